The normalized spacial score (nSPS) is 17.5. The van der Waals surface area contributed by atoms with Gasteiger partial charge in [-0.1, -0.05) is 26.0 Å². The molecule has 0 unspecified atom stereocenters. The number of aromatic hydroxyl groups is 1. The van der Waals surface area contributed by atoms with Gasteiger partial charge in [0.15, 0.2) is 5.69 Å². The number of nitrogens with one attached hydrogen (secondary N) is 1. The molecule has 1 aromatic heterocycles. The summed E-state index contributed by atoms with van der Waals surface area (Å²) in [5, 5.41) is 14.4. The molecule has 2 aliphatic rings. The van der Waals surface area contributed by atoms with Gasteiger partial charge in [0.1, 0.15) is 5.75 Å². The number of ether oxygens (including phenoxy) is 1. The Morgan fingerprint density at radius 3 is 2.10 bits per heavy atom. The second-order valence-corrected chi connectivity index (χ2v) is 10.2. The summed E-state index contributed by atoms with van der Waals surface area (Å²) in [7, 11) is 1.49. The Labute approximate surface area is 230 Å². The topological polar surface area (TPSA) is 97.3 Å². The molecule has 2 saturated heterocycles. The third kappa shape index (κ3) is 6.08. The van der Waals surface area contributed by atoms with E-state index in [1.54, 1.807) is 0 Å². The van der Waals surface area contributed by atoms with Gasteiger partial charge in [0, 0.05) is 70.2 Å². The monoisotopic (exact) mass is 533 g/mol. The summed E-state index contributed by atoms with van der Waals surface area (Å²) >= 11 is 0. The van der Waals surface area contributed by atoms with Crippen LogP contribution in [0, 0.1) is 0 Å². The molecule has 3 heterocycles. The van der Waals surface area contributed by atoms with Gasteiger partial charge in [-0.25, -0.2) is 9.97 Å². The van der Waals surface area contributed by atoms with E-state index < -0.39 is 5.91 Å². The molecule has 0 saturated carbocycles. The van der Waals surface area contributed by atoms with Crippen LogP contribution in [0.15, 0.2) is 36.4 Å². The number of benzene rings is 2. The summed E-state index contributed by atoms with van der Waals surface area (Å²) in [6.45, 7) is 14.5. The number of likely N-dealkylation sites (N-methyl/N-ethyl adjacent to an activating group) is 2. The predicted octanol–water partition coefficient (Wildman–Crippen LogP) is 2.88. The van der Waals surface area contributed by atoms with Crippen molar-refractivity contribution in [3.05, 3.63) is 47.7 Å². The number of amides is 1. The maximum atomic E-state index is 13.5. The lowest BCUT2D eigenvalue weighted by Crippen LogP contribution is -2.46. The predicted molar refractivity (Wildman–Crippen MR) is 154 cm³/mol. The number of anilines is 2. The van der Waals surface area contributed by atoms with Crippen molar-refractivity contribution in [2.75, 3.05) is 82.8 Å². The molecule has 2 aromatic carbocycles. The number of hydrogen-bond acceptors (Lipinski definition) is 9. The number of hydrogen-bond donors (Lipinski definition) is 2. The number of fused-ring (bicyclic) bond motifs is 1. The third-order valence-corrected chi connectivity index (χ3v) is 7.84. The van der Waals surface area contributed by atoms with Gasteiger partial charge in [-0.2, -0.15) is 0 Å². The lowest BCUT2D eigenvalue weighted by molar-refractivity contribution is 0.101. The zero-order chi connectivity index (χ0) is 27.4. The van der Waals surface area contributed by atoms with Crippen LogP contribution in [0.3, 0.4) is 0 Å². The molecular weight excluding hydrogens is 494 g/mol. The average Bonchev–Trinajstić information content (AvgIpc) is 2.98. The van der Waals surface area contributed by atoms with E-state index >= 15 is 0 Å². The fraction of sp³-hybridized carbons (Fsp3) is 0.483. The highest BCUT2D eigenvalue weighted by Crippen LogP contribution is 2.36. The first-order valence-corrected chi connectivity index (χ1v) is 13.9. The van der Waals surface area contributed by atoms with E-state index in [1.165, 1.54) is 7.11 Å². The van der Waals surface area contributed by atoms with Crippen molar-refractivity contribution >= 4 is 28.3 Å². The molecule has 0 atom stereocenters. The molecule has 5 rings (SSSR count). The lowest BCUT2D eigenvalue weighted by Gasteiger charge is -2.37. The molecular formula is C29H39N7O3. The molecule has 0 aliphatic carbocycles. The van der Waals surface area contributed by atoms with Crippen LogP contribution in [-0.4, -0.2) is 108 Å². The highest BCUT2D eigenvalue weighted by Gasteiger charge is 2.24. The van der Waals surface area contributed by atoms with Crippen LogP contribution in [-0.2, 0) is 6.54 Å². The summed E-state index contributed by atoms with van der Waals surface area (Å²) in [5.41, 5.74) is 3.58. The Morgan fingerprint density at radius 2 is 1.49 bits per heavy atom. The Bertz CT molecular complexity index is 1300. The van der Waals surface area contributed by atoms with Gasteiger partial charge in [-0.3, -0.25) is 9.69 Å². The molecule has 10 heteroatoms. The van der Waals surface area contributed by atoms with Crippen molar-refractivity contribution in [2.45, 2.75) is 20.4 Å². The number of para-hydroxylation sites is 2. The van der Waals surface area contributed by atoms with E-state index in [2.05, 4.69) is 48.7 Å². The molecule has 2 N–H and O–H groups in total. The van der Waals surface area contributed by atoms with Crippen LogP contribution >= 0.6 is 0 Å². The van der Waals surface area contributed by atoms with Gasteiger partial charge in [0.2, 0.25) is 5.88 Å². The van der Waals surface area contributed by atoms with E-state index in [0.29, 0.717) is 29.0 Å². The van der Waals surface area contributed by atoms with Crippen molar-refractivity contribution in [2.24, 2.45) is 0 Å². The highest BCUT2D eigenvalue weighted by molar-refractivity contribution is 6.05. The highest BCUT2D eigenvalue weighted by atomic mass is 16.5. The Balaban J connectivity index is 1.44. The first kappa shape index (κ1) is 27.1. The SMILES string of the molecule is CCN1CCN(Cc2cc(NC(=O)c3nc4ccccc4nc3OC)cc(N3CCN(CC)CC3)c2O)CC1. The number of carbonyl (C=O) groups is 1. The van der Waals surface area contributed by atoms with Crippen molar-refractivity contribution in [1.29, 1.82) is 0 Å². The molecule has 39 heavy (non-hydrogen) atoms. The van der Waals surface area contributed by atoms with Crippen LogP contribution in [0.5, 0.6) is 11.6 Å². The van der Waals surface area contributed by atoms with Crippen LogP contribution in [0.2, 0.25) is 0 Å². The zero-order valence-corrected chi connectivity index (χ0v) is 23.2. The van der Waals surface area contributed by atoms with E-state index in [1.807, 2.05) is 36.4 Å². The number of rotatable bonds is 8. The third-order valence-electron chi connectivity index (χ3n) is 7.84. The number of carbonyl (C=O) groups excluding carboxylic acids is 1. The number of phenolic OH excluding ortho intramolecular Hbond substituents is 1. The lowest BCUT2D eigenvalue weighted by atomic mass is 10.1. The van der Waals surface area contributed by atoms with Crippen molar-refractivity contribution < 1.29 is 14.6 Å². The summed E-state index contributed by atoms with van der Waals surface area (Å²) in [4.78, 5) is 31.9. The summed E-state index contributed by atoms with van der Waals surface area (Å²) in [5.74, 6) is 0.0638. The smallest absolute Gasteiger partial charge is 0.279 e. The number of phenols is 1. The van der Waals surface area contributed by atoms with Crippen LogP contribution < -0.4 is 15.0 Å². The molecule has 3 aromatic rings. The number of piperazine rings is 2. The van der Waals surface area contributed by atoms with Crippen molar-refractivity contribution in [1.82, 2.24) is 24.7 Å². The Kier molecular flexibility index (Phi) is 8.44. The molecule has 0 spiro atoms. The maximum absolute atomic E-state index is 13.5. The van der Waals surface area contributed by atoms with Gasteiger partial charge in [0.05, 0.1) is 23.8 Å². The van der Waals surface area contributed by atoms with Crippen molar-refractivity contribution in [3.8, 4) is 11.6 Å². The minimum Gasteiger partial charge on any atom is -0.505 e. The van der Waals surface area contributed by atoms with E-state index in [9.17, 15) is 9.90 Å². The van der Waals surface area contributed by atoms with Gasteiger partial charge < -0.3 is 29.9 Å². The van der Waals surface area contributed by atoms with Crippen LogP contribution in [0.4, 0.5) is 11.4 Å². The average molecular weight is 534 g/mol. The largest absolute Gasteiger partial charge is 0.505 e. The number of methoxy groups -OCH3 is 1. The number of aromatic nitrogens is 2. The quantitative estimate of drug-likeness (QED) is 0.424. The second kappa shape index (κ2) is 12.1. The van der Waals surface area contributed by atoms with Gasteiger partial charge in [-0.15, -0.1) is 0 Å². The van der Waals surface area contributed by atoms with E-state index in [4.69, 9.17) is 4.74 Å². The van der Waals surface area contributed by atoms with E-state index in [-0.39, 0.29) is 11.6 Å². The molecule has 2 fully saturated rings. The second-order valence-electron chi connectivity index (χ2n) is 10.2. The fourth-order valence-electron chi connectivity index (χ4n) is 5.39. The molecule has 0 radical (unpaired) electrons. The Morgan fingerprint density at radius 1 is 0.897 bits per heavy atom. The zero-order valence-electron chi connectivity index (χ0n) is 23.2. The minimum atomic E-state index is -0.403. The molecule has 1 amide bonds. The van der Waals surface area contributed by atoms with Gasteiger partial charge in [0.25, 0.3) is 5.91 Å². The molecule has 208 valence electrons. The maximum Gasteiger partial charge on any atom is 0.279 e. The summed E-state index contributed by atoms with van der Waals surface area (Å²) < 4.78 is 5.42. The van der Waals surface area contributed by atoms with Gasteiger partial charge >= 0.3 is 0 Å². The molecule has 2 aliphatic heterocycles. The van der Waals surface area contributed by atoms with Crippen LogP contribution in [0.1, 0.15) is 29.9 Å². The number of nitrogens with zero attached hydrogens (tertiary/aromatic N) is 6. The van der Waals surface area contributed by atoms with Gasteiger partial charge in [-0.05, 0) is 37.4 Å². The minimum absolute atomic E-state index is 0.125. The Hall–Kier alpha value is -3.47. The first-order chi connectivity index (χ1) is 19.0. The standard InChI is InChI=1S/C29H39N7O3/c1-4-33-10-12-35(13-11-33)20-21-18-22(19-25(27(21)37)36-16-14-34(5-2)15-17-36)30-28(38)26-29(39-3)32-24-9-7-6-8-23(24)31-26/h6-9,18-19,37H,4-5,10-17,20H2,1-3H3,(H,30,38). The first-order valence-electron chi connectivity index (χ1n) is 13.9. The fourth-order valence-corrected chi connectivity index (χ4v) is 5.39. The summed E-state index contributed by atoms with van der Waals surface area (Å²) in [6, 6.07) is 11.1. The summed E-state index contributed by atoms with van der Waals surface area (Å²) in [6.07, 6.45) is 0. The van der Waals surface area contributed by atoms with Crippen molar-refractivity contribution in [3.63, 3.8) is 0 Å². The molecule has 0 bridgehead atoms. The van der Waals surface area contributed by atoms with Crippen LogP contribution in [0.25, 0.3) is 11.0 Å². The molecule has 10 nitrogen and oxygen atoms in total. The van der Waals surface area contributed by atoms with E-state index in [0.717, 1.165) is 76.7 Å².